The van der Waals surface area contributed by atoms with E-state index in [2.05, 4.69) is 43.3 Å². The summed E-state index contributed by atoms with van der Waals surface area (Å²) in [4.78, 5) is 14.4. The molecule has 2 aliphatic rings. The lowest BCUT2D eigenvalue weighted by Crippen LogP contribution is -2.45. The molecular formula is C31H41N5O5S. The summed E-state index contributed by atoms with van der Waals surface area (Å²) in [6, 6.07) is 7.20. The SMILES string of the molecule is COc1cc(OC)cc(C(C)NC2N=C(NC3CC(CO)C(O)C3O)C(c3nc4cnccc4s3)=C(C)C(C)C2C)c1. The molecule has 5 N–H and O–H groups in total. The molecule has 0 radical (unpaired) electrons. The van der Waals surface area contributed by atoms with E-state index in [0.717, 1.165) is 31.9 Å². The number of hydrogen-bond acceptors (Lipinski definition) is 11. The number of pyridine rings is 1. The maximum Gasteiger partial charge on any atom is 0.133 e. The fourth-order valence-corrected chi connectivity index (χ4v) is 6.96. The third kappa shape index (κ3) is 5.89. The molecule has 3 aromatic rings. The summed E-state index contributed by atoms with van der Waals surface area (Å²) in [6.45, 7) is 8.40. The van der Waals surface area contributed by atoms with Crippen LogP contribution in [0.3, 0.4) is 0 Å². The molecule has 5 rings (SSSR count). The minimum absolute atomic E-state index is 0.0910. The first-order valence-electron chi connectivity index (χ1n) is 14.4. The van der Waals surface area contributed by atoms with Crippen LogP contribution in [0, 0.1) is 17.8 Å². The highest BCUT2D eigenvalue weighted by atomic mass is 32.1. The predicted molar refractivity (Wildman–Crippen MR) is 165 cm³/mol. The highest BCUT2D eigenvalue weighted by molar-refractivity contribution is 7.19. The smallest absolute Gasteiger partial charge is 0.133 e. The number of allylic oxidation sites excluding steroid dienone is 1. The van der Waals surface area contributed by atoms with E-state index in [4.69, 9.17) is 19.5 Å². The molecule has 1 aromatic carbocycles. The topological polar surface area (TPSA) is 141 Å². The van der Waals surface area contributed by atoms with Crippen LogP contribution in [-0.4, -0.2) is 76.4 Å². The monoisotopic (exact) mass is 595 g/mol. The fraction of sp³-hybridized carbons (Fsp3) is 0.516. The van der Waals surface area contributed by atoms with E-state index in [-0.39, 0.29) is 30.7 Å². The van der Waals surface area contributed by atoms with Crippen molar-refractivity contribution in [3.63, 3.8) is 0 Å². The number of aliphatic hydroxyl groups is 3. The third-order valence-electron chi connectivity index (χ3n) is 8.93. The molecule has 0 spiro atoms. The Morgan fingerprint density at radius 1 is 1.10 bits per heavy atom. The molecule has 1 aliphatic heterocycles. The number of methoxy groups -OCH3 is 2. The number of amidine groups is 1. The molecule has 8 atom stereocenters. The number of fused-ring (bicyclic) bond motifs is 1. The minimum atomic E-state index is -1.04. The molecule has 10 nitrogen and oxygen atoms in total. The molecule has 11 heteroatoms. The van der Waals surface area contributed by atoms with Gasteiger partial charge in [-0.3, -0.25) is 10.3 Å². The summed E-state index contributed by atoms with van der Waals surface area (Å²) >= 11 is 1.58. The van der Waals surface area contributed by atoms with Gasteiger partial charge in [0.2, 0.25) is 0 Å². The van der Waals surface area contributed by atoms with Gasteiger partial charge in [-0.1, -0.05) is 19.4 Å². The van der Waals surface area contributed by atoms with Gasteiger partial charge in [-0.15, -0.1) is 11.3 Å². The number of nitrogens with one attached hydrogen (secondary N) is 2. The van der Waals surface area contributed by atoms with E-state index in [9.17, 15) is 15.3 Å². The Balaban J connectivity index is 1.56. The lowest BCUT2D eigenvalue weighted by atomic mass is 9.85. The summed E-state index contributed by atoms with van der Waals surface area (Å²) in [6.07, 6.45) is 1.58. The van der Waals surface area contributed by atoms with E-state index < -0.39 is 24.2 Å². The largest absolute Gasteiger partial charge is 0.497 e. The number of hydrogen-bond donors (Lipinski definition) is 5. The average molecular weight is 596 g/mol. The van der Waals surface area contributed by atoms with Gasteiger partial charge in [0.1, 0.15) is 40.1 Å². The molecule has 8 unspecified atom stereocenters. The first-order valence-corrected chi connectivity index (χ1v) is 15.2. The standard InChI is InChI=1S/C31H41N5O5S/c1-15-16(2)26(31-35-24-13-32-8-7-25(24)42-31)30(34-23-11-20(14-37)27(38)28(23)39)36-29(17(15)3)33-18(4)19-9-21(40-5)12-22(10-19)41-6/h7-10,12-13,15,17-18,20,23,27-29,33,37-39H,11,14H2,1-6H3,(H,34,36). The first-order chi connectivity index (χ1) is 20.1. The van der Waals surface area contributed by atoms with Crippen LogP contribution in [-0.2, 0) is 0 Å². The summed E-state index contributed by atoms with van der Waals surface area (Å²) in [7, 11) is 3.27. The molecule has 1 saturated carbocycles. The van der Waals surface area contributed by atoms with Crippen molar-refractivity contribution < 1.29 is 24.8 Å². The van der Waals surface area contributed by atoms with Crippen molar-refractivity contribution in [2.45, 2.75) is 64.6 Å². The normalized spacial score (nSPS) is 28.9. The van der Waals surface area contributed by atoms with Gasteiger partial charge in [0.25, 0.3) is 0 Å². The van der Waals surface area contributed by atoms with Crippen LogP contribution >= 0.6 is 11.3 Å². The van der Waals surface area contributed by atoms with Crippen molar-refractivity contribution in [3.8, 4) is 11.5 Å². The summed E-state index contributed by atoms with van der Waals surface area (Å²) in [5.41, 5.74) is 3.84. The lowest BCUT2D eigenvalue weighted by molar-refractivity contribution is 0.00143. The fourth-order valence-electron chi connectivity index (χ4n) is 5.91. The van der Waals surface area contributed by atoms with E-state index in [1.54, 1.807) is 38.0 Å². The summed E-state index contributed by atoms with van der Waals surface area (Å²) in [5.74, 6) is 1.86. The Bertz CT molecular complexity index is 1420. The average Bonchev–Trinajstić information content (AvgIpc) is 3.53. The quantitative estimate of drug-likeness (QED) is 0.264. The van der Waals surface area contributed by atoms with Crippen LogP contribution in [0.25, 0.3) is 15.8 Å². The Hall–Kier alpha value is -3.09. The van der Waals surface area contributed by atoms with Gasteiger partial charge in [0.05, 0.1) is 42.8 Å². The van der Waals surface area contributed by atoms with Crippen molar-refractivity contribution in [3.05, 3.63) is 52.8 Å². The van der Waals surface area contributed by atoms with Crippen LogP contribution in [0.2, 0.25) is 0 Å². The van der Waals surface area contributed by atoms with Crippen molar-refractivity contribution in [2.24, 2.45) is 22.7 Å². The second kappa shape index (κ2) is 12.6. The van der Waals surface area contributed by atoms with Gasteiger partial charge in [-0.25, -0.2) is 9.98 Å². The van der Waals surface area contributed by atoms with E-state index in [1.165, 1.54) is 0 Å². The number of benzene rings is 1. The molecule has 3 heterocycles. The van der Waals surface area contributed by atoms with Gasteiger partial charge in [-0.05, 0) is 55.9 Å². The van der Waals surface area contributed by atoms with Crippen LogP contribution in [0.5, 0.6) is 11.5 Å². The Morgan fingerprint density at radius 2 is 1.81 bits per heavy atom. The maximum absolute atomic E-state index is 10.9. The molecule has 0 bridgehead atoms. The lowest BCUT2D eigenvalue weighted by Gasteiger charge is -2.29. The zero-order valence-electron chi connectivity index (χ0n) is 24.9. The molecule has 0 saturated heterocycles. The van der Waals surface area contributed by atoms with E-state index in [1.807, 2.05) is 24.3 Å². The van der Waals surface area contributed by atoms with Crippen molar-refractivity contribution in [2.75, 3.05) is 20.8 Å². The van der Waals surface area contributed by atoms with Gasteiger partial charge >= 0.3 is 0 Å². The number of aliphatic imine (C=N–C) groups is 1. The highest BCUT2D eigenvalue weighted by Crippen LogP contribution is 2.38. The maximum atomic E-state index is 10.9. The molecule has 2 aromatic heterocycles. The number of aliphatic hydroxyl groups excluding tert-OH is 3. The molecular weight excluding hydrogens is 554 g/mol. The first kappa shape index (κ1) is 30.4. The predicted octanol–water partition coefficient (Wildman–Crippen LogP) is 3.54. The van der Waals surface area contributed by atoms with Gasteiger partial charge in [0.15, 0.2) is 0 Å². The number of rotatable bonds is 8. The summed E-state index contributed by atoms with van der Waals surface area (Å²) in [5, 5.41) is 39.3. The van der Waals surface area contributed by atoms with E-state index in [0.29, 0.717) is 23.8 Å². The Labute approximate surface area is 250 Å². The Morgan fingerprint density at radius 3 is 2.43 bits per heavy atom. The third-order valence-corrected chi connectivity index (χ3v) is 9.98. The second-order valence-electron chi connectivity index (χ2n) is 11.4. The molecule has 226 valence electrons. The highest BCUT2D eigenvalue weighted by Gasteiger charge is 2.43. The molecule has 0 amide bonds. The molecule has 42 heavy (non-hydrogen) atoms. The summed E-state index contributed by atoms with van der Waals surface area (Å²) < 4.78 is 12.0. The number of thiazole rings is 1. The van der Waals surface area contributed by atoms with Crippen molar-refractivity contribution in [1.82, 2.24) is 20.6 Å². The van der Waals surface area contributed by atoms with Crippen molar-refractivity contribution in [1.29, 1.82) is 0 Å². The van der Waals surface area contributed by atoms with Crippen molar-refractivity contribution >= 4 is 33.0 Å². The van der Waals surface area contributed by atoms with E-state index >= 15 is 0 Å². The number of aromatic nitrogens is 2. The second-order valence-corrected chi connectivity index (χ2v) is 12.5. The molecule has 1 aliphatic carbocycles. The zero-order chi connectivity index (χ0) is 30.1. The van der Waals surface area contributed by atoms with Crippen LogP contribution in [0.15, 0.2) is 47.2 Å². The van der Waals surface area contributed by atoms with Gasteiger partial charge in [0, 0.05) is 30.8 Å². The minimum Gasteiger partial charge on any atom is -0.497 e. The Kier molecular flexibility index (Phi) is 9.14. The van der Waals surface area contributed by atoms with Gasteiger partial charge < -0.3 is 30.1 Å². The molecule has 1 fully saturated rings. The zero-order valence-corrected chi connectivity index (χ0v) is 25.7. The van der Waals surface area contributed by atoms with Crippen LogP contribution in [0.4, 0.5) is 0 Å². The van der Waals surface area contributed by atoms with Crippen LogP contribution < -0.4 is 20.1 Å². The number of nitrogens with zero attached hydrogens (tertiary/aromatic N) is 3. The number of ether oxygens (including phenoxy) is 2. The van der Waals surface area contributed by atoms with Gasteiger partial charge in [-0.2, -0.15) is 0 Å². The van der Waals surface area contributed by atoms with Crippen LogP contribution in [0.1, 0.15) is 50.7 Å².